The number of carbonyl (C=O) groups excluding carboxylic acids is 2. The van der Waals surface area contributed by atoms with Crippen molar-refractivity contribution >= 4 is 40.8 Å². The Kier molecular flexibility index (Phi) is 6.48. The normalized spacial score (nSPS) is 15.6. The molecule has 2 aromatic heterocycles. The fourth-order valence-corrected chi connectivity index (χ4v) is 3.82. The van der Waals surface area contributed by atoms with Crippen LogP contribution in [-0.4, -0.2) is 43.4 Å². The van der Waals surface area contributed by atoms with Crippen molar-refractivity contribution in [2.24, 2.45) is 5.73 Å². The summed E-state index contributed by atoms with van der Waals surface area (Å²) < 4.78 is 3.45. The number of anilines is 1. The lowest BCUT2D eigenvalue weighted by Crippen LogP contribution is -2.25. The lowest BCUT2D eigenvalue weighted by molar-refractivity contribution is -0.118. The molecule has 5 rings (SSSR count). The number of hydrogen-bond acceptors (Lipinski definition) is 5. The molecular weight excluding hydrogens is 453 g/mol. The monoisotopic (exact) mass is 475 g/mol. The number of primary amides is 1. The molecule has 3 aromatic rings. The van der Waals surface area contributed by atoms with E-state index in [1.54, 1.807) is 17.0 Å². The molecule has 32 heavy (non-hydrogen) atoms. The van der Waals surface area contributed by atoms with Gasteiger partial charge < -0.3 is 10.6 Å². The number of amides is 2. The van der Waals surface area contributed by atoms with Crippen LogP contribution >= 0.6 is 23.2 Å². The maximum atomic E-state index is 11.7. The van der Waals surface area contributed by atoms with Gasteiger partial charge in [0.05, 0.1) is 22.3 Å². The second-order valence-electron chi connectivity index (χ2n) is 7.82. The standard InChI is InChI=1S/C11H15N3O.C10H8Cl2N4O/c1-13-10-7-9(8-4-5-8)12-14(10)6-2-3-11(13)15;11-7-3-1-2-6(8(7)12)4-16-5-14-10(15-16)9(13)17/h7-8H,2-6H2,1H3;1-3,5H,4H2,(H2,13,17). The smallest absolute Gasteiger partial charge is 0.288 e. The highest BCUT2D eigenvalue weighted by molar-refractivity contribution is 6.42. The zero-order valence-corrected chi connectivity index (χ0v) is 19.1. The Hall–Kier alpha value is -2.91. The summed E-state index contributed by atoms with van der Waals surface area (Å²) in [7, 11) is 1.85. The molecule has 1 aromatic carbocycles. The summed E-state index contributed by atoms with van der Waals surface area (Å²) in [5.74, 6) is 1.15. The van der Waals surface area contributed by atoms with Crippen LogP contribution in [-0.2, 0) is 17.9 Å². The number of aromatic nitrogens is 5. The number of hydrogen-bond donors (Lipinski definition) is 1. The average Bonchev–Trinajstić information content (AvgIpc) is 3.39. The van der Waals surface area contributed by atoms with E-state index in [1.165, 1.54) is 29.5 Å². The summed E-state index contributed by atoms with van der Waals surface area (Å²) in [6.07, 6.45) is 5.47. The van der Waals surface area contributed by atoms with Crippen LogP contribution < -0.4 is 10.6 Å². The van der Waals surface area contributed by atoms with Gasteiger partial charge in [-0.15, -0.1) is 5.10 Å². The number of nitrogens with zero attached hydrogens (tertiary/aromatic N) is 6. The van der Waals surface area contributed by atoms with E-state index in [0.717, 1.165) is 24.3 Å². The predicted octanol–water partition coefficient (Wildman–Crippen LogP) is 3.25. The van der Waals surface area contributed by atoms with Crippen LogP contribution in [0, 0.1) is 0 Å². The minimum absolute atomic E-state index is 0.0249. The highest BCUT2D eigenvalue weighted by atomic mass is 35.5. The van der Waals surface area contributed by atoms with Gasteiger partial charge in [-0.1, -0.05) is 35.3 Å². The number of rotatable bonds is 4. The lowest BCUT2D eigenvalue weighted by Gasteiger charge is -2.13. The molecule has 0 bridgehead atoms. The fraction of sp³-hybridized carbons (Fsp3) is 0.381. The van der Waals surface area contributed by atoms with E-state index < -0.39 is 5.91 Å². The van der Waals surface area contributed by atoms with E-state index in [4.69, 9.17) is 28.9 Å². The zero-order valence-electron chi connectivity index (χ0n) is 17.5. The SMILES string of the molecule is CN1C(=O)CCCn2nc(C3CC3)cc21.NC(=O)c1ncn(Cc2cccc(Cl)c2Cl)n1. The number of nitrogens with two attached hydrogens (primary N) is 1. The number of carbonyl (C=O) groups is 2. The van der Waals surface area contributed by atoms with Crippen LogP contribution in [0.2, 0.25) is 10.0 Å². The van der Waals surface area contributed by atoms with Crippen molar-refractivity contribution in [2.75, 3.05) is 11.9 Å². The second-order valence-corrected chi connectivity index (χ2v) is 8.61. The number of halogens is 2. The Morgan fingerprint density at radius 1 is 1.25 bits per heavy atom. The van der Waals surface area contributed by atoms with E-state index in [0.29, 0.717) is 28.9 Å². The Bertz CT molecular complexity index is 1150. The number of benzene rings is 1. The lowest BCUT2D eigenvalue weighted by atomic mass is 10.2. The van der Waals surface area contributed by atoms with E-state index in [1.807, 2.05) is 17.8 Å². The Morgan fingerprint density at radius 2 is 2.03 bits per heavy atom. The van der Waals surface area contributed by atoms with E-state index >= 15 is 0 Å². The first-order chi connectivity index (χ1) is 15.3. The van der Waals surface area contributed by atoms with E-state index in [9.17, 15) is 9.59 Å². The summed E-state index contributed by atoms with van der Waals surface area (Å²) in [4.78, 5) is 28.0. The third-order valence-corrected chi connectivity index (χ3v) is 6.23. The van der Waals surface area contributed by atoms with Gasteiger partial charge in [-0.25, -0.2) is 14.3 Å². The summed E-state index contributed by atoms with van der Waals surface area (Å²) >= 11 is 11.9. The molecule has 0 spiro atoms. The molecule has 9 nitrogen and oxygen atoms in total. The van der Waals surface area contributed by atoms with Crippen molar-refractivity contribution in [1.82, 2.24) is 24.5 Å². The van der Waals surface area contributed by atoms with Gasteiger partial charge >= 0.3 is 0 Å². The Labute approximate surface area is 195 Å². The molecule has 168 valence electrons. The van der Waals surface area contributed by atoms with Crippen molar-refractivity contribution in [1.29, 1.82) is 0 Å². The first kappa shape index (κ1) is 22.3. The van der Waals surface area contributed by atoms with Gasteiger partial charge in [0.1, 0.15) is 12.1 Å². The van der Waals surface area contributed by atoms with Gasteiger partial charge in [0.2, 0.25) is 11.7 Å². The van der Waals surface area contributed by atoms with Crippen LogP contribution in [0.5, 0.6) is 0 Å². The van der Waals surface area contributed by atoms with Gasteiger partial charge in [-0.2, -0.15) is 5.10 Å². The zero-order chi connectivity index (χ0) is 22.8. The van der Waals surface area contributed by atoms with Gasteiger partial charge in [0.25, 0.3) is 5.91 Å². The van der Waals surface area contributed by atoms with E-state index in [2.05, 4.69) is 21.2 Å². The quantitative estimate of drug-likeness (QED) is 0.622. The third-order valence-electron chi connectivity index (χ3n) is 5.37. The molecule has 0 unspecified atom stereocenters. The van der Waals surface area contributed by atoms with Crippen molar-refractivity contribution in [3.05, 3.63) is 57.7 Å². The first-order valence-corrected chi connectivity index (χ1v) is 11.1. The molecule has 0 radical (unpaired) electrons. The largest absolute Gasteiger partial charge is 0.363 e. The van der Waals surface area contributed by atoms with Crippen molar-refractivity contribution < 1.29 is 9.59 Å². The Morgan fingerprint density at radius 3 is 2.72 bits per heavy atom. The Balaban J connectivity index is 0.000000154. The van der Waals surface area contributed by atoms with Crippen LogP contribution in [0.25, 0.3) is 0 Å². The number of fused-ring (bicyclic) bond motifs is 1. The molecule has 1 saturated carbocycles. The number of aryl methyl sites for hydroxylation is 1. The maximum absolute atomic E-state index is 11.7. The van der Waals surface area contributed by atoms with Gasteiger partial charge in [0, 0.05) is 32.0 Å². The fourth-order valence-electron chi connectivity index (χ4n) is 3.44. The third kappa shape index (κ3) is 4.94. The second kappa shape index (κ2) is 9.30. The topological polar surface area (TPSA) is 112 Å². The minimum Gasteiger partial charge on any atom is -0.363 e. The molecule has 0 saturated heterocycles. The molecule has 1 aliphatic carbocycles. The first-order valence-electron chi connectivity index (χ1n) is 10.3. The van der Waals surface area contributed by atoms with Crippen LogP contribution in [0.4, 0.5) is 5.82 Å². The van der Waals surface area contributed by atoms with Crippen LogP contribution in [0.3, 0.4) is 0 Å². The summed E-state index contributed by atoms with van der Waals surface area (Å²) in [6, 6.07) is 7.39. The van der Waals surface area contributed by atoms with Crippen molar-refractivity contribution in [2.45, 2.75) is 44.7 Å². The molecule has 1 fully saturated rings. The molecule has 2 amide bonds. The van der Waals surface area contributed by atoms with Gasteiger partial charge in [0.15, 0.2) is 0 Å². The molecule has 0 atom stereocenters. The molecule has 3 heterocycles. The summed E-state index contributed by atoms with van der Waals surface area (Å²) in [5.41, 5.74) is 7.01. The van der Waals surface area contributed by atoms with Crippen LogP contribution in [0.1, 0.15) is 53.5 Å². The van der Waals surface area contributed by atoms with Crippen molar-refractivity contribution in [3.8, 4) is 0 Å². The maximum Gasteiger partial charge on any atom is 0.288 e. The molecule has 2 aliphatic rings. The molecular formula is C21H23Cl2N7O2. The highest BCUT2D eigenvalue weighted by Gasteiger charge is 2.29. The van der Waals surface area contributed by atoms with Gasteiger partial charge in [-0.3, -0.25) is 9.59 Å². The average molecular weight is 476 g/mol. The van der Waals surface area contributed by atoms with Crippen LogP contribution in [0.15, 0.2) is 30.6 Å². The predicted molar refractivity (Wildman–Crippen MR) is 121 cm³/mol. The summed E-state index contributed by atoms with van der Waals surface area (Å²) in [5, 5.41) is 9.42. The minimum atomic E-state index is -0.666. The highest BCUT2D eigenvalue weighted by Crippen LogP contribution is 2.40. The molecule has 11 heteroatoms. The van der Waals surface area contributed by atoms with E-state index in [-0.39, 0.29) is 11.7 Å². The van der Waals surface area contributed by atoms with Gasteiger partial charge in [-0.05, 0) is 30.9 Å². The van der Waals surface area contributed by atoms with Crippen molar-refractivity contribution in [3.63, 3.8) is 0 Å². The molecule has 2 N–H and O–H groups in total. The summed E-state index contributed by atoms with van der Waals surface area (Å²) in [6.45, 7) is 1.25. The molecule has 1 aliphatic heterocycles.